The van der Waals surface area contributed by atoms with Gasteiger partial charge < -0.3 is 16.2 Å². The molecule has 1 unspecified atom stereocenters. The van der Waals surface area contributed by atoms with Gasteiger partial charge in [-0.3, -0.25) is 4.90 Å². The van der Waals surface area contributed by atoms with Gasteiger partial charge in [-0.1, -0.05) is 48.5 Å². The average Bonchev–Trinajstić information content (AvgIpc) is 2.57. The van der Waals surface area contributed by atoms with Crippen molar-refractivity contribution in [2.45, 2.75) is 12.8 Å². The van der Waals surface area contributed by atoms with Crippen molar-refractivity contribution in [2.75, 3.05) is 4.90 Å². The van der Waals surface area contributed by atoms with Crippen LogP contribution >= 0.6 is 0 Å². The molecular formula is C18H19N3O. The molecule has 3 rings (SSSR count). The molecule has 1 aliphatic heterocycles. The molecule has 2 aromatic rings. The Hall–Kier alpha value is -2.72. The predicted octanol–water partition coefficient (Wildman–Crippen LogP) is 2.69. The van der Waals surface area contributed by atoms with Crippen molar-refractivity contribution in [3.63, 3.8) is 0 Å². The maximum Gasteiger partial charge on any atom is 0.155 e. The summed E-state index contributed by atoms with van der Waals surface area (Å²) in [6.45, 7) is 0.506. The fraction of sp³-hybridized carbons (Fsp3) is 0.111. The molecule has 1 aliphatic rings. The van der Waals surface area contributed by atoms with Crippen LogP contribution in [0, 0.1) is 0 Å². The van der Waals surface area contributed by atoms with Crippen LogP contribution < -0.4 is 16.4 Å². The molecule has 22 heavy (non-hydrogen) atoms. The lowest BCUT2D eigenvalue weighted by Gasteiger charge is -2.34. The molecule has 4 nitrogen and oxygen atoms in total. The van der Waals surface area contributed by atoms with E-state index in [1.165, 1.54) is 0 Å². The number of rotatable bonds is 4. The molecule has 1 heterocycles. The molecule has 2 aromatic carbocycles. The van der Waals surface area contributed by atoms with Crippen molar-refractivity contribution >= 4 is 5.69 Å². The molecule has 0 bridgehead atoms. The third-order valence-electron chi connectivity index (χ3n) is 3.55. The van der Waals surface area contributed by atoms with Crippen LogP contribution in [0.3, 0.4) is 0 Å². The third-order valence-corrected chi connectivity index (χ3v) is 3.55. The van der Waals surface area contributed by atoms with Crippen LogP contribution in [0.1, 0.15) is 5.56 Å². The lowest BCUT2D eigenvalue weighted by Crippen LogP contribution is -2.42. The van der Waals surface area contributed by atoms with E-state index in [1.807, 2.05) is 71.6 Å². The highest BCUT2D eigenvalue weighted by Crippen LogP contribution is 2.25. The van der Waals surface area contributed by atoms with E-state index < -0.39 is 0 Å². The first-order valence-electron chi connectivity index (χ1n) is 7.19. The van der Waals surface area contributed by atoms with Crippen molar-refractivity contribution in [2.24, 2.45) is 11.5 Å². The Kier molecular flexibility index (Phi) is 4.12. The molecular weight excluding hydrogens is 274 g/mol. The van der Waals surface area contributed by atoms with E-state index in [1.54, 1.807) is 6.08 Å². The Labute approximate surface area is 130 Å². The smallest absolute Gasteiger partial charge is 0.155 e. The van der Waals surface area contributed by atoms with E-state index in [2.05, 4.69) is 0 Å². The van der Waals surface area contributed by atoms with Crippen LogP contribution in [0.2, 0.25) is 0 Å². The molecule has 0 saturated heterocycles. The summed E-state index contributed by atoms with van der Waals surface area (Å²) in [5.74, 6) is 0.506. The fourth-order valence-electron chi connectivity index (χ4n) is 2.39. The molecule has 1 atom stereocenters. The van der Waals surface area contributed by atoms with Crippen LogP contribution in [0.25, 0.3) is 0 Å². The number of nitrogens with two attached hydrogens (primary N) is 2. The van der Waals surface area contributed by atoms with Crippen LogP contribution in [0.15, 0.2) is 84.3 Å². The zero-order valence-corrected chi connectivity index (χ0v) is 12.2. The molecule has 0 spiro atoms. The van der Waals surface area contributed by atoms with E-state index in [9.17, 15) is 0 Å². The van der Waals surface area contributed by atoms with E-state index in [0.717, 1.165) is 11.3 Å². The number of para-hydroxylation sites is 1. The summed E-state index contributed by atoms with van der Waals surface area (Å²) in [5, 5.41) is 0. The first kappa shape index (κ1) is 14.2. The fourth-order valence-corrected chi connectivity index (χ4v) is 2.39. The minimum Gasteiger partial charge on any atom is -0.396 e. The van der Waals surface area contributed by atoms with Gasteiger partial charge in [0.05, 0.1) is 12.3 Å². The van der Waals surface area contributed by atoms with Gasteiger partial charge in [-0.15, -0.1) is 0 Å². The van der Waals surface area contributed by atoms with E-state index in [-0.39, 0.29) is 6.23 Å². The van der Waals surface area contributed by atoms with Gasteiger partial charge in [-0.2, -0.15) is 0 Å². The SMILES string of the molecule is NC1=C(N)N(c2ccccc2)C(OCc2ccccc2)C=C1. The molecule has 112 valence electrons. The molecule has 4 heteroatoms. The lowest BCUT2D eigenvalue weighted by molar-refractivity contribution is 0.0723. The molecule has 0 saturated carbocycles. The second kappa shape index (κ2) is 6.37. The summed E-state index contributed by atoms with van der Waals surface area (Å²) >= 11 is 0. The number of nitrogens with zero attached hydrogens (tertiary/aromatic N) is 1. The lowest BCUT2D eigenvalue weighted by atomic mass is 10.2. The highest BCUT2D eigenvalue weighted by Gasteiger charge is 2.24. The van der Waals surface area contributed by atoms with Crippen molar-refractivity contribution in [3.8, 4) is 0 Å². The van der Waals surface area contributed by atoms with Gasteiger partial charge in [0.25, 0.3) is 0 Å². The maximum atomic E-state index is 6.16. The Bertz CT molecular complexity index is 680. The van der Waals surface area contributed by atoms with Crippen LogP contribution in [-0.4, -0.2) is 6.23 Å². The van der Waals surface area contributed by atoms with E-state index in [0.29, 0.717) is 18.1 Å². The standard InChI is InChI=1S/C18H19N3O/c19-16-11-12-17(22-13-14-7-3-1-4-8-14)21(18(16)20)15-9-5-2-6-10-15/h1-12,17H,13,19-20H2. The predicted molar refractivity (Wildman–Crippen MR) is 88.5 cm³/mol. The third kappa shape index (κ3) is 2.97. The summed E-state index contributed by atoms with van der Waals surface area (Å²) in [4.78, 5) is 1.90. The Morgan fingerprint density at radius 2 is 1.55 bits per heavy atom. The molecule has 0 amide bonds. The highest BCUT2D eigenvalue weighted by molar-refractivity contribution is 5.56. The second-order valence-corrected chi connectivity index (χ2v) is 5.09. The van der Waals surface area contributed by atoms with Crippen LogP contribution in [0.4, 0.5) is 5.69 Å². The highest BCUT2D eigenvalue weighted by atomic mass is 16.5. The number of anilines is 1. The quantitative estimate of drug-likeness (QED) is 0.909. The van der Waals surface area contributed by atoms with Gasteiger partial charge in [-0.05, 0) is 29.8 Å². The number of hydrogen-bond donors (Lipinski definition) is 2. The van der Waals surface area contributed by atoms with Gasteiger partial charge in [0, 0.05) is 5.69 Å². The zero-order chi connectivity index (χ0) is 15.4. The summed E-state index contributed by atoms with van der Waals surface area (Å²) in [6.07, 6.45) is 3.43. The molecule has 4 N–H and O–H groups in total. The van der Waals surface area contributed by atoms with Crippen LogP contribution in [0.5, 0.6) is 0 Å². The number of allylic oxidation sites excluding steroid dienone is 1. The second-order valence-electron chi connectivity index (χ2n) is 5.09. The molecule has 0 radical (unpaired) electrons. The number of hydrogen-bond acceptors (Lipinski definition) is 4. The summed E-state index contributed by atoms with van der Waals surface area (Å²) < 4.78 is 6.02. The van der Waals surface area contributed by atoms with Gasteiger partial charge in [0.15, 0.2) is 6.23 Å². The summed E-state index contributed by atoms with van der Waals surface area (Å²) in [5.41, 5.74) is 14.7. The van der Waals surface area contributed by atoms with E-state index >= 15 is 0 Å². The van der Waals surface area contributed by atoms with Crippen molar-refractivity contribution in [3.05, 3.63) is 89.9 Å². The topological polar surface area (TPSA) is 64.5 Å². The molecule has 0 aromatic heterocycles. The first-order valence-corrected chi connectivity index (χ1v) is 7.19. The Morgan fingerprint density at radius 3 is 2.23 bits per heavy atom. The Balaban J connectivity index is 1.81. The average molecular weight is 293 g/mol. The van der Waals surface area contributed by atoms with Gasteiger partial charge in [0.2, 0.25) is 0 Å². The first-order chi connectivity index (χ1) is 10.8. The largest absolute Gasteiger partial charge is 0.396 e. The zero-order valence-electron chi connectivity index (χ0n) is 12.2. The van der Waals surface area contributed by atoms with Gasteiger partial charge >= 0.3 is 0 Å². The Morgan fingerprint density at radius 1 is 0.909 bits per heavy atom. The van der Waals surface area contributed by atoms with Crippen LogP contribution in [-0.2, 0) is 11.3 Å². The number of benzene rings is 2. The van der Waals surface area contributed by atoms with Crippen molar-refractivity contribution in [1.82, 2.24) is 0 Å². The van der Waals surface area contributed by atoms with Gasteiger partial charge in [0.1, 0.15) is 5.82 Å². The number of ether oxygens (including phenoxy) is 1. The molecule has 0 aliphatic carbocycles. The van der Waals surface area contributed by atoms with Gasteiger partial charge in [-0.25, -0.2) is 0 Å². The monoisotopic (exact) mass is 293 g/mol. The van der Waals surface area contributed by atoms with Crippen molar-refractivity contribution in [1.29, 1.82) is 0 Å². The minimum atomic E-state index is -0.282. The normalized spacial score (nSPS) is 17.8. The van der Waals surface area contributed by atoms with E-state index in [4.69, 9.17) is 16.2 Å². The van der Waals surface area contributed by atoms with Crippen molar-refractivity contribution < 1.29 is 4.74 Å². The minimum absolute atomic E-state index is 0.282. The molecule has 0 fully saturated rings. The maximum absolute atomic E-state index is 6.16. The summed E-state index contributed by atoms with van der Waals surface area (Å²) in [6, 6.07) is 19.9. The summed E-state index contributed by atoms with van der Waals surface area (Å²) in [7, 11) is 0.